The van der Waals surface area contributed by atoms with Gasteiger partial charge in [-0.25, -0.2) is 0 Å². The van der Waals surface area contributed by atoms with Gasteiger partial charge in [0.05, 0.1) is 5.92 Å². The van der Waals surface area contributed by atoms with Crippen LogP contribution < -0.4 is 10.2 Å². The number of hydrogen-bond acceptors (Lipinski definition) is 3. The molecule has 0 aliphatic carbocycles. The molecule has 2 aromatic carbocycles. The molecule has 6 heteroatoms. The van der Waals surface area contributed by atoms with Gasteiger partial charge < -0.3 is 15.1 Å². The van der Waals surface area contributed by atoms with Gasteiger partial charge in [-0.2, -0.15) is 0 Å². The molecule has 0 bridgehead atoms. The molecule has 2 saturated heterocycles. The molecule has 4 rings (SSSR count). The minimum absolute atomic E-state index is 0.0175. The Hall–Kier alpha value is -2.53. The van der Waals surface area contributed by atoms with Gasteiger partial charge in [0.15, 0.2) is 0 Å². The Morgan fingerprint density at radius 2 is 1.52 bits per heavy atom. The first-order valence-electron chi connectivity index (χ1n) is 11.3. The van der Waals surface area contributed by atoms with Crippen molar-refractivity contribution in [1.82, 2.24) is 4.90 Å². The molecule has 0 saturated carbocycles. The van der Waals surface area contributed by atoms with Gasteiger partial charge in [-0.05, 0) is 74.2 Å². The maximum absolute atomic E-state index is 12.9. The molecule has 5 nitrogen and oxygen atoms in total. The summed E-state index contributed by atoms with van der Waals surface area (Å²) in [5, 5.41) is 3.65. The van der Waals surface area contributed by atoms with Crippen LogP contribution in [-0.2, 0) is 4.79 Å². The van der Waals surface area contributed by atoms with E-state index in [0.717, 1.165) is 31.6 Å². The Balaban J connectivity index is 1.34. The van der Waals surface area contributed by atoms with Crippen LogP contribution in [0.5, 0.6) is 0 Å². The first-order valence-corrected chi connectivity index (χ1v) is 11.7. The average molecular weight is 440 g/mol. The number of carbonyl (C=O) groups is 2. The standard InChI is InChI=1S/C25H30ClN3O2/c26-21-9-7-19(8-10-21)25(31)29-17-5-6-20(18-29)24(30)27-22-11-13-23(14-12-22)28-15-3-1-2-4-16-28/h7-14,20H,1-6,15-18H2,(H,27,30). The van der Waals surface area contributed by atoms with E-state index in [9.17, 15) is 9.59 Å². The third kappa shape index (κ3) is 5.59. The highest BCUT2D eigenvalue weighted by Crippen LogP contribution is 2.24. The van der Waals surface area contributed by atoms with Gasteiger partial charge in [0.2, 0.25) is 5.91 Å². The summed E-state index contributed by atoms with van der Waals surface area (Å²) < 4.78 is 0. The highest BCUT2D eigenvalue weighted by molar-refractivity contribution is 6.30. The van der Waals surface area contributed by atoms with Crippen LogP contribution in [0.15, 0.2) is 48.5 Å². The normalized spacial score (nSPS) is 19.6. The minimum Gasteiger partial charge on any atom is -0.372 e. The van der Waals surface area contributed by atoms with Crippen LogP contribution in [0, 0.1) is 5.92 Å². The lowest BCUT2D eigenvalue weighted by molar-refractivity contribution is -0.121. The number of nitrogens with zero attached hydrogens (tertiary/aromatic N) is 2. The summed E-state index contributed by atoms with van der Waals surface area (Å²) in [4.78, 5) is 29.9. The third-order valence-electron chi connectivity index (χ3n) is 6.28. The van der Waals surface area contributed by atoms with E-state index in [1.54, 1.807) is 29.2 Å². The molecule has 2 amide bonds. The van der Waals surface area contributed by atoms with Crippen LogP contribution in [-0.4, -0.2) is 42.9 Å². The van der Waals surface area contributed by atoms with Gasteiger partial charge in [0, 0.05) is 48.1 Å². The number of halogens is 1. The van der Waals surface area contributed by atoms with Crippen molar-refractivity contribution in [2.45, 2.75) is 38.5 Å². The number of amides is 2. The van der Waals surface area contributed by atoms with Gasteiger partial charge in [0.1, 0.15) is 0 Å². The smallest absolute Gasteiger partial charge is 0.253 e. The lowest BCUT2D eigenvalue weighted by atomic mass is 9.96. The molecule has 2 aliphatic rings. The topological polar surface area (TPSA) is 52.7 Å². The van der Waals surface area contributed by atoms with Gasteiger partial charge in [-0.1, -0.05) is 24.4 Å². The Bertz CT molecular complexity index is 890. The Morgan fingerprint density at radius 3 is 2.19 bits per heavy atom. The fourth-order valence-corrected chi connectivity index (χ4v) is 4.61. The number of benzene rings is 2. The van der Waals surface area contributed by atoms with Crippen LogP contribution >= 0.6 is 11.6 Å². The molecule has 2 heterocycles. The second kappa shape index (κ2) is 10.2. The average Bonchev–Trinajstić information content (AvgIpc) is 3.09. The van der Waals surface area contributed by atoms with Crippen molar-refractivity contribution < 1.29 is 9.59 Å². The van der Waals surface area contributed by atoms with E-state index in [1.807, 2.05) is 12.1 Å². The molecular weight excluding hydrogens is 410 g/mol. The maximum Gasteiger partial charge on any atom is 0.253 e. The molecule has 1 atom stereocenters. The van der Waals surface area contributed by atoms with Crippen LogP contribution in [0.3, 0.4) is 0 Å². The fraction of sp³-hybridized carbons (Fsp3) is 0.440. The minimum atomic E-state index is -0.199. The van der Waals surface area contributed by atoms with Gasteiger partial charge in [0.25, 0.3) is 5.91 Å². The number of likely N-dealkylation sites (tertiary alicyclic amines) is 1. The molecule has 0 aromatic heterocycles. The molecule has 164 valence electrons. The van der Waals surface area contributed by atoms with Crippen molar-refractivity contribution in [1.29, 1.82) is 0 Å². The molecule has 2 aromatic rings. The predicted molar refractivity (Wildman–Crippen MR) is 126 cm³/mol. The largest absolute Gasteiger partial charge is 0.372 e. The molecule has 1 N–H and O–H groups in total. The highest BCUT2D eigenvalue weighted by atomic mass is 35.5. The lowest BCUT2D eigenvalue weighted by Crippen LogP contribution is -2.43. The summed E-state index contributed by atoms with van der Waals surface area (Å²) >= 11 is 5.92. The summed E-state index contributed by atoms with van der Waals surface area (Å²) in [6.07, 6.45) is 6.72. The van der Waals surface area contributed by atoms with Crippen molar-refractivity contribution in [2.75, 3.05) is 36.4 Å². The molecule has 2 fully saturated rings. The number of rotatable bonds is 4. The van der Waals surface area contributed by atoms with Gasteiger partial charge in [-0.3, -0.25) is 9.59 Å². The van der Waals surface area contributed by atoms with E-state index in [-0.39, 0.29) is 17.7 Å². The monoisotopic (exact) mass is 439 g/mol. The van der Waals surface area contributed by atoms with Gasteiger partial charge >= 0.3 is 0 Å². The zero-order valence-corrected chi connectivity index (χ0v) is 18.6. The molecule has 2 aliphatic heterocycles. The second-order valence-electron chi connectivity index (χ2n) is 8.53. The summed E-state index contributed by atoms with van der Waals surface area (Å²) in [7, 11) is 0. The predicted octanol–water partition coefficient (Wildman–Crippen LogP) is 5.21. The van der Waals surface area contributed by atoms with Crippen molar-refractivity contribution in [3.63, 3.8) is 0 Å². The van der Waals surface area contributed by atoms with Crippen molar-refractivity contribution in [2.24, 2.45) is 5.92 Å². The van der Waals surface area contributed by atoms with Gasteiger partial charge in [-0.15, -0.1) is 0 Å². The van der Waals surface area contributed by atoms with E-state index in [4.69, 9.17) is 11.6 Å². The third-order valence-corrected chi connectivity index (χ3v) is 6.53. The zero-order chi connectivity index (χ0) is 21.6. The van der Waals surface area contributed by atoms with Crippen molar-refractivity contribution >= 4 is 34.8 Å². The van der Waals surface area contributed by atoms with E-state index in [1.165, 1.54) is 31.4 Å². The van der Waals surface area contributed by atoms with E-state index in [2.05, 4.69) is 22.3 Å². The first kappa shape index (κ1) is 21.7. The van der Waals surface area contributed by atoms with Crippen LogP contribution in [0.4, 0.5) is 11.4 Å². The number of hydrogen-bond donors (Lipinski definition) is 1. The fourth-order valence-electron chi connectivity index (χ4n) is 4.48. The number of piperidine rings is 1. The Kier molecular flexibility index (Phi) is 7.13. The summed E-state index contributed by atoms with van der Waals surface area (Å²) in [5.74, 6) is -0.262. The zero-order valence-electron chi connectivity index (χ0n) is 17.9. The van der Waals surface area contributed by atoms with Crippen molar-refractivity contribution in [3.05, 3.63) is 59.1 Å². The summed E-state index contributed by atoms with van der Waals surface area (Å²) in [6, 6.07) is 15.1. The second-order valence-corrected chi connectivity index (χ2v) is 8.97. The molecule has 0 radical (unpaired) electrons. The summed E-state index contributed by atoms with van der Waals surface area (Å²) in [6.45, 7) is 3.32. The molecular formula is C25H30ClN3O2. The Morgan fingerprint density at radius 1 is 0.839 bits per heavy atom. The van der Waals surface area contributed by atoms with E-state index < -0.39 is 0 Å². The maximum atomic E-state index is 12.9. The Labute approximate surface area is 189 Å². The molecule has 31 heavy (non-hydrogen) atoms. The SMILES string of the molecule is O=C(Nc1ccc(N2CCCCCC2)cc1)C1CCCN(C(=O)c2ccc(Cl)cc2)C1. The first-order chi connectivity index (χ1) is 15.1. The van der Waals surface area contributed by atoms with Crippen LogP contribution in [0.1, 0.15) is 48.9 Å². The number of anilines is 2. The van der Waals surface area contributed by atoms with Crippen molar-refractivity contribution in [3.8, 4) is 0 Å². The summed E-state index contributed by atoms with van der Waals surface area (Å²) in [5.41, 5.74) is 2.64. The quantitative estimate of drug-likeness (QED) is 0.711. The van der Waals surface area contributed by atoms with E-state index in [0.29, 0.717) is 23.7 Å². The molecule has 0 spiro atoms. The number of carbonyl (C=O) groups excluding carboxylic acids is 2. The molecule has 1 unspecified atom stereocenters. The highest BCUT2D eigenvalue weighted by Gasteiger charge is 2.29. The van der Waals surface area contributed by atoms with Crippen LogP contribution in [0.2, 0.25) is 5.02 Å². The van der Waals surface area contributed by atoms with E-state index >= 15 is 0 Å². The van der Waals surface area contributed by atoms with Crippen LogP contribution in [0.25, 0.3) is 0 Å². The number of nitrogens with one attached hydrogen (secondary N) is 1. The lowest BCUT2D eigenvalue weighted by Gasteiger charge is -2.32.